The highest BCUT2D eigenvalue weighted by Gasteiger charge is 2.13. The molecule has 2 rings (SSSR count). The van der Waals surface area contributed by atoms with Crippen LogP contribution in [0.2, 0.25) is 0 Å². The molecule has 0 saturated heterocycles. The fourth-order valence-electron chi connectivity index (χ4n) is 2.74. The molecule has 1 aliphatic heterocycles. The van der Waals surface area contributed by atoms with E-state index in [1.807, 2.05) is 6.92 Å². The number of hydrogen-bond acceptors (Lipinski definition) is 2. The van der Waals surface area contributed by atoms with Crippen molar-refractivity contribution in [1.82, 2.24) is 0 Å². The summed E-state index contributed by atoms with van der Waals surface area (Å²) in [6.07, 6.45) is 18.3. The highest BCUT2D eigenvalue weighted by atomic mass is 32.2. The second-order valence-electron chi connectivity index (χ2n) is 6.54. The number of aliphatic imine (C=N–C) groups is 1. The van der Waals surface area contributed by atoms with Gasteiger partial charge in [-0.3, -0.25) is 4.99 Å². The molecule has 0 aromatic heterocycles. The van der Waals surface area contributed by atoms with Gasteiger partial charge in [0.2, 0.25) is 0 Å². The molecule has 0 N–H and O–H groups in total. The minimum Gasteiger partial charge on any atom is -0.252 e. The van der Waals surface area contributed by atoms with Crippen LogP contribution in [0.1, 0.15) is 65.4 Å². The quantitative estimate of drug-likeness (QED) is 0.244. The van der Waals surface area contributed by atoms with E-state index in [0.29, 0.717) is 0 Å². The van der Waals surface area contributed by atoms with Crippen LogP contribution in [-0.4, -0.2) is 5.71 Å². The Hall–Kier alpha value is -2.06. The van der Waals surface area contributed by atoms with Crippen molar-refractivity contribution in [2.75, 3.05) is 0 Å². The summed E-state index contributed by atoms with van der Waals surface area (Å²) in [6, 6.07) is 8.63. The molecule has 0 amide bonds. The van der Waals surface area contributed by atoms with Crippen LogP contribution in [0.15, 0.2) is 93.9 Å². The van der Waals surface area contributed by atoms with Gasteiger partial charge in [-0.2, -0.15) is 0 Å². The molecule has 28 heavy (non-hydrogen) atoms. The number of unbranched alkanes of at least 4 members (excludes halogenated alkanes) is 2. The highest BCUT2D eigenvalue weighted by molar-refractivity contribution is 8.02. The third kappa shape index (κ3) is 8.75. The van der Waals surface area contributed by atoms with Crippen molar-refractivity contribution >= 4 is 17.5 Å². The standard InChI is InChI=1S/C23H29NS.C3H6/c1-4-7-9-15-22-21-14-10-11-16-23(21)25-18-20(24-22)17-19(12-6-3)13-8-5-2;1-3-2/h6,8,10-14,16-18H,4-5,7,9,15H2,1-3H3;3H,1H2,2H3/b12-6-,13-8+,19-17+;. The molecule has 0 unspecified atom stereocenters. The zero-order chi connectivity index (χ0) is 20.6. The van der Waals surface area contributed by atoms with Crippen molar-refractivity contribution in [2.24, 2.45) is 4.99 Å². The van der Waals surface area contributed by atoms with Gasteiger partial charge < -0.3 is 0 Å². The van der Waals surface area contributed by atoms with Crippen LogP contribution in [0.5, 0.6) is 0 Å². The van der Waals surface area contributed by atoms with Gasteiger partial charge in [-0.1, -0.05) is 87.0 Å². The average Bonchev–Trinajstić information content (AvgIpc) is 2.87. The fraction of sp³-hybridized carbons (Fsp3) is 0.346. The maximum atomic E-state index is 5.03. The molecule has 0 bridgehead atoms. The first-order valence-electron chi connectivity index (χ1n) is 10.3. The van der Waals surface area contributed by atoms with Crippen molar-refractivity contribution in [3.8, 4) is 0 Å². The predicted molar refractivity (Wildman–Crippen MR) is 129 cm³/mol. The Labute approximate surface area is 176 Å². The molecule has 0 saturated carbocycles. The zero-order valence-electron chi connectivity index (χ0n) is 17.9. The van der Waals surface area contributed by atoms with Crippen LogP contribution in [0, 0.1) is 0 Å². The Balaban J connectivity index is 0.00000122. The molecule has 1 heterocycles. The van der Waals surface area contributed by atoms with E-state index in [1.54, 1.807) is 17.8 Å². The van der Waals surface area contributed by atoms with E-state index in [2.05, 4.69) is 87.4 Å². The molecule has 1 aromatic carbocycles. The molecule has 0 fully saturated rings. The van der Waals surface area contributed by atoms with Crippen LogP contribution in [0.4, 0.5) is 0 Å². The summed E-state index contributed by atoms with van der Waals surface area (Å²) in [7, 11) is 0. The topological polar surface area (TPSA) is 12.4 Å². The third-order valence-electron chi connectivity index (χ3n) is 4.01. The predicted octanol–water partition coefficient (Wildman–Crippen LogP) is 8.66. The van der Waals surface area contributed by atoms with Crippen molar-refractivity contribution in [1.29, 1.82) is 0 Å². The lowest BCUT2D eigenvalue weighted by Crippen LogP contribution is -2.02. The Morgan fingerprint density at radius 3 is 2.54 bits per heavy atom. The van der Waals surface area contributed by atoms with Gasteiger partial charge in [0.1, 0.15) is 0 Å². The smallest absolute Gasteiger partial charge is 0.0705 e. The maximum Gasteiger partial charge on any atom is 0.0705 e. The van der Waals surface area contributed by atoms with Gasteiger partial charge in [0.15, 0.2) is 0 Å². The highest BCUT2D eigenvalue weighted by Crippen LogP contribution is 2.31. The van der Waals surface area contributed by atoms with Crippen LogP contribution < -0.4 is 0 Å². The summed E-state index contributed by atoms with van der Waals surface area (Å²) in [5.74, 6) is 0. The number of nitrogens with zero attached hydrogens (tertiary/aromatic N) is 1. The summed E-state index contributed by atoms with van der Waals surface area (Å²) in [5, 5.41) is 2.18. The lowest BCUT2D eigenvalue weighted by atomic mass is 10.0. The monoisotopic (exact) mass is 393 g/mol. The summed E-state index contributed by atoms with van der Waals surface area (Å²) in [4.78, 5) is 6.34. The Bertz CT molecular complexity index is 747. The average molecular weight is 394 g/mol. The van der Waals surface area contributed by atoms with Gasteiger partial charge in [-0.25, -0.2) is 0 Å². The van der Waals surface area contributed by atoms with Crippen molar-refractivity contribution in [3.05, 3.63) is 89.5 Å². The zero-order valence-corrected chi connectivity index (χ0v) is 18.8. The number of thioether (sulfide) groups is 1. The lowest BCUT2D eigenvalue weighted by Gasteiger charge is -2.08. The summed E-state index contributed by atoms with van der Waals surface area (Å²) >= 11 is 1.78. The number of allylic oxidation sites excluding steroid dienone is 7. The van der Waals surface area contributed by atoms with E-state index >= 15 is 0 Å². The van der Waals surface area contributed by atoms with E-state index in [9.17, 15) is 0 Å². The maximum absolute atomic E-state index is 5.03. The van der Waals surface area contributed by atoms with Crippen molar-refractivity contribution in [3.63, 3.8) is 0 Å². The Morgan fingerprint density at radius 1 is 1.11 bits per heavy atom. The van der Waals surface area contributed by atoms with Crippen LogP contribution >= 0.6 is 11.8 Å². The van der Waals surface area contributed by atoms with Crippen LogP contribution in [0.3, 0.4) is 0 Å². The van der Waals surface area contributed by atoms with Crippen LogP contribution in [-0.2, 0) is 0 Å². The summed E-state index contributed by atoms with van der Waals surface area (Å²) in [5.41, 5.74) is 4.75. The number of fused-ring (bicyclic) bond motifs is 1. The second kappa shape index (κ2) is 14.9. The first-order chi connectivity index (χ1) is 13.7. The minimum atomic E-state index is 1.04. The third-order valence-corrected chi connectivity index (χ3v) is 4.97. The molecule has 0 aliphatic carbocycles. The van der Waals surface area contributed by atoms with Crippen molar-refractivity contribution in [2.45, 2.75) is 64.7 Å². The fourth-order valence-corrected chi connectivity index (χ4v) is 3.58. The van der Waals surface area contributed by atoms with Gasteiger partial charge in [0.25, 0.3) is 0 Å². The molecule has 150 valence electrons. The molecule has 0 atom stereocenters. The molecular weight excluding hydrogens is 358 g/mol. The van der Waals surface area contributed by atoms with E-state index in [0.717, 1.165) is 18.5 Å². The SMILES string of the molecule is C=CC.C\C=C/C(/C=C/CC)=C\C1=CSc2ccccc2C(CCCCC)=N1. The summed E-state index contributed by atoms with van der Waals surface area (Å²) in [6.45, 7) is 11.7. The largest absolute Gasteiger partial charge is 0.252 e. The van der Waals surface area contributed by atoms with E-state index in [1.165, 1.54) is 41.0 Å². The molecule has 1 nitrogen and oxygen atoms in total. The van der Waals surface area contributed by atoms with Gasteiger partial charge in [-0.15, -0.1) is 6.58 Å². The van der Waals surface area contributed by atoms with Gasteiger partial charge in [0.05, 0.1) is 5.70 Å². The van der Waals surface area contributed by atoms with E-state index in [-0.39, 0.29) is 0 Å². The Morgan fingerprint density at radius 2 is 1.86 bits per heavy atom. The van der Waals surface area contributed by atoms with E-state index in [4.69, 9.17) is 4.99 Å². The molecule has 0 radical (unpaired) electrons. The van der Waals surface area contributed by atoms with Gasteiger partial charge in [-0.05, 0) is 50.8 Å². The first-order valence-corrected chi connectivity index (χ1v) is 11.2. The van der Waals surface area contributed by atoms with Crippen LogP contribution in [0.25, 0.3) is 0 Å². The Kier molecular flexibility index (Phi) is 12.8. The van der Waals surface area contributed by atoms with Gasteiger partial charge >= 0.3 is 0 Å². The van der Waals surface area contributed by atoms with E-state index < -0.39 is 0 Å². The minimum absolute atomic E-state index is 1.04. The first kappa shape index (κ1) is 24.0. The van der Waals surface area contributed by atoms with Crippen molar-refractivity contribution < 1.29 is 0 Å². The summed E-state index contributed by atoms with van der Waals surface area (Å²) < 4.78 is 0. The molecule has 1 aliphatic rings. The number of hydrogen-bond donors (Lipinski definition) is 0. The number of benzene rings is 1. The molecule has 1 aromatic rings. The van der Waals surface area contributed by atoms with Gasteiger partial charge in [0, 0.05) is 21.6 Å². The molecular formula is C26H35NS. The lowest BCUT2D eigenvalue weighted by molar-refractivity contribution is 0.741. The molecule has 0 spiro atoms. The second-order valence-corrected chi connectivity index (χ2v) is 7.45. The normalized spacial score (nSPS) is 14.1. The molecule has 2 heteroatoms. The number of rotatable bonds is 8.